The first-order valence-electron chi connectivity index (χ1n) is 9.67. The number of anilines is 1. The number of ether oxygens (including phenoxy) is 2. The first-order valence-corrected chi connectivity index (χ1v) is 10.6. The summed E-state index contributed by atoms with van der Waals surface area (Å²) in [6, 6.07) is 5.09. The molecule has 0 unspecified atom stereocenters. The molecule has 0 spiro atoms. The molecule has 0 radical (unpaired) electrons. The predicted octanol–water partition coefficient (Wildman–Crippen LogP) is 3.40. The number of non-ortho nitro benzene ring substituents is 1. The van der Waals surface area contributed by atoms with Gasteiger partial charge in [0.05, 0.1) is 11.5 Å². The average molecular weight is 465 g/mol. The second-order valence-electron chi connectivity index (χ2n) is 7.43. The third-order valence-electron chi connectivity index (χ3n) is 3.78. The molecule has 0 saturated carbocycles. The lowest BCUT2D eigenvalue weighted by Gasteiger charge is -2.22. The van der Waals surface area contributed by atoms with Crippen molar-refractivity contribution in [3.8, 4) is 0 Å². The molecule has 0 saturated heterocycles. The van der Waals surface area contributed by atoms with Gasteiger partial charge in [0, 0.05) is 36.2 Å². The van der Waals surface area contributed by atoms with Crippen LogP contribution in [0.15, 0.2) is 29.6 Å². The number of nitro benzene ring substituents is 1. The molecule has 0 aliphatic heterocycles. The zero-order valence-corrected chi connectivity index (χ0v) is 18.9. The maximum Gasteiger partial charge on any atom is 0.407 e. The van der Waals surface area contributed by atoms with Crippen molar-refractivity contribution in [1.82, 2.24) is 10.3 Å². The number of nitrogens with zero attached hydrogens (tertiary/aromatic N) is 3. The number of amides is 2. The molecule has 1 aromatic carbocycles. The minimum atomic E-state index is -0.678. The Morgan fingerprint density at radius 2 is 1.88 bits per heavy atom. The van der Waals surface area contributed by atoms with E-state index in [9.17, 15) is 24.5 Å². The number of thiazole rings is 1. The van der Waals surface area contributed by atoms with Crippen LogP contribution < -0.4 is 10.2 Å². The molecule has 0 fully saturated rings. The van der Waals surface area contributed by atoms with E-state index < -0.39 is 28.5 Å². The lowest BCUT2D eigenvalue weighted by molar-refractivity contribution is -0.384. The van der Waals surface area contributed by atoms with Gasteiger partial charge in [0.1, 0.15) is 5.60 Å². The number of aromatic nitrogens is 1. The van der Waals surface area contributed by atoms with E-state index in [2.05, 4.69) is 10.3 Å². The third kappa shape index (κ3) is 7.01. The number of nitro groups is 1. The summed E-state index contributed by atoms with van der Waals surface area (Å²) >= 11 is 1.05. The van der Waals surface area contributed by atoms with E-state index in [0.29, 0.717) is 0 Å². The topological polar surface area (TPSA) is 141 Å². The molecule has 2 aromatic rings. The largest absolute Gasteiger partial charge is 0.461 e. The van der Waals surface area contributed by atoms with Crippen molar-refractivity contribution in [1.29, 1.82) is 0 Å². The summed E-state index contributed by atoms with van der Waals surface area (Å²) in [5, 5.41) is 15.1. The number of alkyl carbamates (subject to hydrolysis) is 1. The Labute approximate surface area is 188 Å². The number of carbonyl (C=O) groups excluding carboxylic acids is 3. The normalized spacial score (nSPS) is 10.9. The van der Waals surface area contributed by atoms with Crippen LogP contribution >= 0.6 is 11.3 Å². The molecule has 11 nitrogen and oxygen atoms in total. The SMILES string of the molecule is CCOC(=O)c1csc(N(CCNC(=O)OC(C)(C)C)C(=O)c2ccc([N+](=O)[O-])cc2)n1. The van der Waals surface area contributed by atoms with Gasteiger partial charge in [0.15, 0.2) is 10.8 Å². The van der Waals surface area contributed by atoms with Crippen LogP contribution in [-0.4, -0.2) is 53.2 Å². The second kappa shape index (κ2) is 10.7. The quantitative estimate of drug-likeness (QED) is 0.356. The van der Waals surface area contributed by atoms with Crippen molar-refractivity contribution < 1.29 is 28.8 Å². The first kappa shape index (κ1) is 24.7. The van der Waals surface area contributed by atoms with Crippen LogP contribution in [-0.2, 0) is 9.47 Å². The van der Waals surface area contributed by atoms with Crippen molar-refractivity contribution in [2.45, 2.75) is 33.3 Å². The molecule has 2 amide bonds. The Bertz CT molecular complexity index is 983. The van der Waals surface area contributed by atoms with Crippen molar-refractivity contribution >= 4 is 40.1 Å². The molecule has 12 heteroatoms. The van der Waals surface area contributed by atoms with Gasteiger partial charge in [0.25, 0.3) is 11.6 Å². The smallest absolute Gasteiger partial charge is 0.407 e. The molecule has 0 atom stereocenters. The van der Waals surface area contributed by atoms with Gasteiger partial charge in [-0.1, -0.05) is 0 Å². The van der Waals surface area contributed by atoms with Crippen LogP contribution in [0.2, 0.25) is 0 Å². The Kier molecular flexibility index (Phi) is 8.24. The van der Waals surface area contributed by atoms with Gasteiger partial charge in [-0.25, -0.2) is 14.6 Å². The minimum absolute atomic E-state index is 0.0187. The van der Waals surface area contributed by atoms with Gasteiger partial charge in [-0.15, -0.1) is 11.3 Å². The number of hydrogen-bond donors (Lipinski definition) is 1. The highest BCUT2D eigenvalue weighted by Gasteiger charge is 2.24. The first-order chi connectivity index (χ1) is 15.0. The number of rotatable bonds is 8. The van der Waals surface area contributed by atoms with Crippen molar-refractivity contribution in [3.05, 3.63) is 51.0 Å². The minimum Gasteiger partial charge on any atom is -0.461 e. The van der Waals surface area contributed by atoms with Crippen LogP contribution in [0.1, 0.15) is 48.5 Å². The molecule has 1 aromatic heterocycles. The van der Waals surface area contributed by atoms with Crippen molar-refractivity contribution in [3.63, 3.8) is 0 Å². The highest BCUT2D eigenvalue weighted by atomic mass is 32.1. The van der Waals surface area contributed by atoms with Crippen molar-refractivity contribution in [2.24, 2.45) is 0 Å². The van der Waals surface area contributed by atoms with Crippen molar-refractivity contribution in [2.75, 3.05) is 24.6 Å². The van der Waals surface area contributed by atoms with E-state index in [1.165, 1.54) is 34.5 Å². The third-order valence-corrected chi connectivity index (χ3v) is 4.64. The number of carbonyl (C=O) groups is 3. The van der Waals surface area contributed by atoms with Gasteiger partial charge in [-0.3, -0.25) is 19.8 Å². The Hall–Kier alpha value is -3.54. The fourth-order valence-corrected chi connectivity index (χ4v) is 3.26. The number of hydrogen-bond acceptors (Lipinski definition) is 9. The number of esters is 1. The monoisotopic (exact) mass is 464 g/mol. The average Bonchev–Trinajstić information content (AvgIpc) is 3.19. The molecule has 1 N–H and O–H groups in total. The maximum absolute atomic E-state index is 13.1. The van der Waals surface area contributed by atoms with E-state index in [-0.39, 0.29) is 41.8 Å². The molecule has 2 rings (SSSR count). The van der Waals surface area contributed by atoms with E-state index in [1.54, 1.807) is 27.7 Å². The molecule has 32 heavy (non-hydrogen) atoms. The number of benzene rings is 1. The lowest BCUT2D eigenvalue weighted by atomic mass is 10.2. The molecule has 0 aliphatic rings. The highest BCUT2D eigenvalue weighted by molar-refractivity contribution is 7.14. The zero-order chi connectivity index (χ0) is 23.9. The Morgan fingerprint density at radius 1 is 1.22 bits per heavy atom. The van der Waals surface area contributed by atoms with Crippen LogP contribution in [0.4, 0.5) is 15.6 Å². The highest BCUT2D eigenvalue weighted by Crippen LogP contribution is 2.24. The summed E-state index contributed by atoms with van der Waals surface area (Å²) in [6.07, 6.45) is -0.647. The fourth-order valence-electron chi connectivity index (χ4n) is 2.44. The van der Waals surface area contributed by atoms with E-state index in [4.69, 9.17) is 9.47 Å². The Balaban J connectivity index is 2.22. The van der Waals surface area contributed by atoms with Gasteiger partial charge in [0.2, 0.25) is 0 Å². The molecule has 1 heterocycles. The summed E-state index contributed by atoms with van der Waals surface area (Å²) in [7, 11) is 0. The molecule has 172 valence electrons. The van der Waals surface area contributed by atoms with Crippen LogP contribution in [0.3, 0.4) is 0 Å². The fraction of sp³-hybridized carbons (Fsp3) is 0.400. The summed E-state index contributed by atoms with van der Waals surface area (Å²) < 4.78 is 10.1. The van der Waals surface area contributed by atoms with Gasteiger partial charge in [-0.05, 0) is 39.8 Å². The predicted molar refractivity (Wildman–Crippen MR) is 117 cm³/mol. The van der Waals surface area contributed by atoms with Gasteiger partial charge in [-0.2, -0.15) is 0 Å². The molecular weight excluding hydrogens is 440 g/mol. The zero-order valence-electron chi connectivity index (χ0n) is 18.1. The van der Waals surface area contributed by atoms with E-state index >= 15 is 0 Å². The summed E-state index contributed by atoms with van der Waals surface area (Å²) in [5.74, 6) is -1.12. The Morgan fingerprint density at radius 3 is 2.44 bits per heavy atom. The lowest BCUT2D eigenvalue weighted by Crippen LogP contribution is -2.40. The van der Waals surface area contributed by atoms with Crippen LogP contribution in [0.5, 0.6) is 0 Å². The molecular formula is C20H24N4O7S. The maximum atomic E-state index is 13.1. The van der Waals surface area contributed by atoms with Gasteiger partial charge < -0.3 is 14.8 Å². The van der Waals surface area contributed by atoms with Crippen LogP contribution in [0, 0.1) is 10.1 Å². The molecule has 0 aliphatic carbocycles. The van der Waals surface area contributed by atoms with E-state index in [1.807, 2.05) is 0 Å². The summed E-state index contributed by atoms with van der Waals surface area (Å²) in [5.41, 5.74) is -0.602. The second-order valence-corrected chi connectivity index (χ2v) is 8.26. The van der Waals surface area contributed by atoms with E-state index in [0.717, 1.165) is 11.3 Å². The van der Waals surface area contributed by atoms with Gasteiger partial charge >= 0.3 is 12.1 Å². The summed E-state index contributed by atoms with van der Waals surface area (Å²) in [6.45, 7) is 7.08. The standard InChI is InChI=1S/C20H24N4O7S/c1-5-30-17(26)15-12-32-18(22-15)23(11-10-21-19(27)31-20(2,3)4)16(25)13-6-8-14(9-7-13)24(28)29/h6-9,12H,5,10-11H2,1-4H3,(H,21,27). The molecule has 0 bridgehead atoms. The summed E-state index contributed by atoms with van der Waals surface area (Å²) in [4.78, 5) is 52.7. The van der Waals surface area contributed by atoms with Crippen LogP contribution in [0.25, 0.3) is 0 Å². The number of nitrogens with one attached hydrogen (secondary N) is 1.